The lowest BCUT2D eigenvalue weighted by molar-refractivity contribution is 0.0588. The minimum absolute atomic E-state index is 0.291. The van der Waals surface area contributed by atoms with Crippen LogP contribution in [0.25, 0.3) is 0 Å². The first-order chi connectivity index (χ1) is 9.61. The average Bonchev–Trinajstić information content (AvgIpc) is 3.23. The van der Waals surface area contributed by atoms with Crippen molar-refractivity contribution in [1.29, 1.82) is 0 Å². The molecule has 1 saturated carbocycles. The molecular weight excluding hydrogens is 297 g/mol. The average molecular weight is 318 g/mol. The summed E-state index contributed by atoms with van der Waals surface area (Å²) in [4.78, 5) is 0. The molecule has 2 rings (SSSR count). The zero-order chi connectivity index (χ0) is 14.5. The quantitative estimate of drug-likeness (QED) is 0.771. The molecule has 1 aliphatic rings. The molecule has 2 unspecified atom stereocenters. The molecule has 1 aliphatic carbocycles. The highest BCUT2D eigenvalue weighted by molar-refractivity contribution is 6.42. The van der Waals surface area contributed by atoms with Gasteiger partial charge in [0.1, 0.15) is 0 Å². The van der Waals surface area contributed by atoms with E-state index in [0.29, 0.717) is 35.0 Å². The van der Waals surface area contributed by atoms with Crippen LogP contribution in [-0.4, -0.2) is 31.5 Å². The Hall–Kier alpha value is -0.320. The minimum atomic E-state index is -0.416. The summed E-state index contributed by atoms with van der Waals surface area (Å²) in [6, 6.07) is 6.09. The molecule has 3 nitrogen and oxygen atoms in total. The summed E-state index contributed by atoms with van der Waals surface area (Å²) in [5, 5.41) is 14.4. The first kappa shape index (κ1) is 16.1. The van der Waals surface area contributed by atoms with Gasteiger partial charge in [-0.1, -0.05) is 29.3 Å². The van der Waals surface area contributed by atoms with Crippen molar-refractivity contribution in [3.05, 3.63) is 33.8 Å². The molecule has 0 aliphatic heterocycles. The van der Waals surface area contributed by atoms with Gasteiger partial charge >= 0.3 is 0 Å². The summed E-state index contributed by atoms with van der Waals surface area (Å²) in [5.74, 6) is 0.659. The third-order valence-corrected chi connectivity index (χ3v) is 4.34. The summed E-state index contributed by atoms with van der Waals surface area (Å²) < 4.78 is 4.92. The maximum absolute atomic E-state index is 9.66. The van der Waals surface area contributed by atoms with Crippen LogP contribution in [0, 0.1) is 5.92 Å². The molecule has 2 N–H and O–H groups in total. The van der Waals surface area contributed by atoms with Crippen LogP contribution < -0.4 is 5.32 Å². The predicted molar refractivity (Wildman–Crippen MR) is 82.4 cm³/mol. The Labute approximate surface area is 130 Å². The Morgan fingerprint density at radius 1 is 1.35 bits per heavy atom. The van der Waals surface area contributed by atoms with Gasteiger partial charge in [-0.25, -0.2) is 0 Å². The van der Waals surface area contributed by atoms with Gasteiger partial charge in [0.05, 0.1) is 22.8 Å². The van der Waals surface area contributed by atoms with E-state index in [4.69, 9.17) is 27.9 Å². The van der Waals surface area contributed by atoms with Crippen LogP contribution in [0.2, 0.25) is 10.0 Å². The lowest BCUT2D eigenvalue weighted by atomic mass is 10.0. The summed E-state index contributed by atoms with van der Waals surface area (Å²) in [6.45, 7) is 1.13. The molecule has 0 amide bonds. The molecule has 5 heteroatoms. The number of aliphatic hydroxyl groups is 1. The fourth-order valence-electron chi connectivity index (χ4n) is 2.37. The number of rotatable bonds is 8. The summed E-state index contributed by atoms with van der Waals surface area (Å²) in [6.07, 6.45) is 2.73. The van der Waals surface area contributed by atoms with E-state index in [1.807, 2.05) is 18.2 Å². The van der Waals surface area contributed by atoms with Gasteiger partial charge in [0.2, 0.25) is 0 Å². The smallest absolute Gasteiger partial charge is 0.0785 e. The van der Waals surface area contributed by atoms with Crippen LogP contribution in [0.4, 0.5) is 0 Å². The van der Waals surface area contributed by atoms with Gasteiger partial charge in [-0.3, -0.25) is 0 Å². The Morgan fingerprint density at radius 2 is 2.10 bits per heavy atom. The van der Waals surface area contributed by atoms with Crippen molar-refractivity contribution in [2.75, 3.05) is 20.3 Å². The number of nitrogens with one attached hydrogen (secondary N) is 1. The van der Waals surface area contributed by atoms with Gasteiger partial charge < -0.3 is 15.2 Å². The molecule has 112 valence electrons. The first-order valence-corrected chi connectivity index (χ1v) is 7.72. The van der Waals surface area contributed by atoms with Gasteiger partial charge in [0.15, 0.2) is 0 Å². The molecular formula is C15H21Cl2NO2. The van der Waals surface area contributed by atoms with Crippen LogP contribution in [0.3, 0.4) is 0 Å². The molecule has 20 heavy (non-hydrogen) atoms. The highest BCUT2D eigenvalue weighted by Crippen LogP contribution is 2.42. The molecule has 0 radical (unpaired) electrons. The predicted octanol–water partition coefficient (Wildman–Crippen LogP) is 3.43. The lowest BCUT2D eigenvalue weighted by Crippen LogP contribution is -2.28. The normalized spacial score (nSPS) is 18.0. The zero-order valence-corrected chi connectivity index (χ0v) is 13.1. The molecule has 2 atom stereocenters. The fraction of sp³-hybridized carbons (Fsp3) is 0.600. The van der Waals surface area contributed by atoms with Crippen molar-refractivity contribution in [1.82, 2.24) is 5.32 Å². The van der Waals surface area contributed by atoms with Crippen molar-refractivity contribution in [2.24, 2.45) is 5.92 Å². The summed E-state index contributed by atoms with van der Waals surface area (Å²) >= 11 is 12.1. The Kier molecular flexibility index (Phi) is 6.12. The molecule has 1 aromatic carbocycles. The van der Waals surface area contributed by atoms with Crippen LogP contribution >= 0.6 is 23.2 Å². The summed E-state index contributed by atoms with van der Waals surface area (Å²) in [7, 11) is 1.60. The van der Waals surface area contributed by atoms with Crippen molar-refractivity contribution in [3.63, 3.8) is 0 Å². The number of hydrogen-bond acceptors (Lipinski definition) is 3. The van der Waals surface area contributed by atoms with Gasteiger partial charge in [0, 0.05) is 13.2 Å². The topological polar surface area (TPSA) is 41.5 Å². The number of halogens is 2. The molecule has 0 bridgehead atoms. The Bertz CT molecular complexity index is 438. The van der Waals surface area contributed by atoms with E-state index in [0.717, 1.165) is 6.54 Å². The SMILES string of the molecule is COCC(O)CCNC(c1ccc(Cl)c(Cl)c1)C1CC1. The van der Waals surface area contributed by atoms with E-state index < -0.39 is 6.10 Å². The van der Waals surface area contributed by atoms with Crippen molar-refractivity contribution in [2.45, 2.75) is 31.4 Å². The second-order valence-electron chi connectivity index (χ2n) is 5.34. The summed E-state index contributed by atoms with van der Waals surface area (Å²) in [5.41, 5.74) is 1.17. The molecule has 0 spiro atoms. The number of benzene rings is 1. The molecule has 1 fully saturated rings. The van der Waals surface area contributed by atoms with Gasteiger partial charge in [-0.15, -0.1) is 0 Å². The molecule has 0 aromatic heterocycles. The van der Waals surface area contributed by atoms with Crippen LogP contribution in [0.15, 0.2) is 18.2 Å². The van der Waals surface area contributed by atoms with Gasteiger partial charge in [-0.05, 0) is 49.4 Å². The molecule has 1 aromatic rings. The first-order valence-electron chi connectivity index (χ1n) is 6.97. The molecule has 0 heterocycles. The van der Waals surface area contributed by atoms with E-state index in [9.17, 15) is 5.11 Å². The second kappa shape index (κ2) is 7.62. The van der Waals surface area contributed by atoms with Gasteiger partial charge in [-0.2, -0.15) is 0 Å². The second-order valence-corrected chi connectivity index (χ2v) is 6.16. The Morgan fingerprint density at radius 3 is 2.70 bits per heavy atom. The van der Waals surface area contributed by atoms with Crippen LogP contribution in [-0.2, 0) is 4.74 Å². The standard InChI is InChI=1S/C15H21Cl2NO2/c1-20-9-12(19)6-7-18-15(10-2-3-10)11-4-5-13(16)14(17)8-11/h4-5,8,10,12,15,18-19H,2-3,6-7,9H2,1H3. The van der Waals surface area contributed by atoms with E-state index in [2.05, 4.69) is 5.32 Å². The van der Waals surface area contributed by atoms with Crippen LogP contribution in [0.1, 0.15) is 30.9 Å². The van der Waals surface area contributed by atoms with E-state index in [1.165, 1.54) is 18.4 Å². The third kappa shape index (κ3) is 4.61. The minimum Gasteiger partial charge on any atom is -0.391 e. The van der Waals surface area contributed by atoms with Crippen molar-refractivity contribution in [3.8, 4) is 0 Å². The lowest BCUT2D eigenvalue weighted by Gasteiger charge is -2.20. The largest absolute Gasteiger partial charge is 0.391 e. The Balaban J connectivity index is 1.92. The number of hydrogen-bond donors (Lipinski definition) is 2. The molecule has 0 saturated heterocycles. The monoisotopic (exact) mass is 317 g/mol. The highest BCUT2D eigenvalue weighted by atomic mass is 35.5. The number of ether oxygens (including phenoxy) is 1. The maximum atomic E-state index is 9.66. The van der Waals surface area contributed by atoms with Crippen molar-refractivity contribution < 1.29 is 9.84 Å². The van der Waals surface area contributed by atoms with Gasteiger partial charge in [0.25, 0.3) is 0 Å². The van der Waals surface area contributed by atoms with E-state index in [1.54, 1.807) is 7.11 Å². The number of aliphatic hydroxyl groups excluding tert-OH is 1. The third-order valence-electron chi connectivity index (χ3n) is 3.60. The maximum Gasteiger partial charge on any atom is 0.0785 e. The fourth-order valence-corrected chi connectivity index (χ4v) is 2.68. The van der Waals surface area contributed by atoms with E-state index >= 15 is 0 Å². The highest BCUT2D eigenvalue weighted by Gasteiger charge is 2.32. The van der Waals surface area contributed by atoms with Crippen LogP contribution in [0.5, 0.6) is 0 Å². The number of methoxy groups -OCH3 is 1. The zero-order valence-electron chi connectivity index (χ0n) is 11.6. The van der Waals surface area contributed by atoms with Crippen molar-refractivity contribution >= 4 is 23.2 Å². The van der Waals surface area contributed by atoms with E-state index in [-0.39, 0.29) is 0 Å².